The molecule has 102 valence electrons. The number of hydrogen-bond donors (Lipinski definition) is 0. The summed E-state index contributed by atoms with van der Waals surface area (Å²) in [6.45, 7) is 4.38. The van der Waals surface area contributed by atoms with Gasteiger partial charge < -0.3 is 0 Å². The lowest BCUT2D eigenvalue weighted by atomic mass is 9.88. The molecule has 1 aromatic carbocycles. The van der Waals surface area contributed by atoms with Gasteiger partial charge in [0.2, 0.25) is 0 Å². The molecule has 4 rings (SSSR count). The molecule has 1 atom stereocenters. The van der Waals surface area contributed by atoms with E-state index >= 15 is 0 Å². The van der Waals surface area contributed by atoms with Crippen LogP contribution in [0.1, 0.15) is 48.8 Å². The molecule has 0 amide bonds. The predicted octanol–water partition coefficient (Wildman–Crippen LogP) is 5.25. The Morgan fingerprint density at radius 2 is 2.00 bits per heavy atom. The largest absolute Gasteiger partial charge is 0.0949 e. The maximum Gasteiger partial charge on any atom is 0.00485 e. The van der Waals surface area contributed by atoms with E-state index in [9.17, 15) is 0 Å². The molecular weight excluding hydrogens is 240 g/mol. The highest BCUT2D eigenvalue weighted by Crippen LogP contribution is 2.45. The Kier molecular flexibility index (Phi) is 2.91. The molecule has 0 bridgehead atoms. The predicted molar refractivity (Wildman–Crippen MR) is 85.6 cm³/mol. The van der Waals surface area contributed by atoms with Crippen LogP contribution in [-0.2, 0) is 12.8 Å². The maximum atomic E-state index is 4.38. The Bertz CT molecular complexity index is 627. The van der Waals surface area contributed by atoms with E-state index in [1.807, 2.05) is 0 Å². The van der Waals surface area contributed by atoms with E-state index in [0.717, 1.165) is 6.42 Å². The summed E-state index contributed by atoms with van der Waals surface area (Å²) < 4.78 is 0. The lowest BCUT2D eigenvalue weighted by Crippen LogP contribution is -2.02. The second kappa shape index (κ2) is 4.77. The molecule has 0 saturated heterocycles. The molecule has 20 heavy (non-hydrogen) atoms. The average molecular weight is 262 g/mol. The van der Waals surface area contributed by atoms with E-state index in [0.29, 0.717) is 5.92 Å². The molecule has 0 radical (unpaired) electrons. The van der Waals surface area contributed by atoms with E-state index in [4.69, 9.17) is 0 Å². The molecule has 0 aliphatic heterocycles. The molecule has 0 aromatic heterocycles. The topological polar surface area (TPSA) is 0 Å². The van der Waals surface area contributed by atoms with E-state index in [2.05, 4.69) is 36.9 Å². The van der Waals surface area contributed by atoms with E-state index in [1.54, 1.807) is 16.7 Å². The fourth-order valence-electron chi connectivity index (χ4n) is 4.11. The molecule has 1 fully saturated rings. The second-order valence-corrected chi connectivity index (χ2v) is 6.52. The van der Waals surface area contributed by atoms with E-state index in [-0.39, 0.29) is 0 Å². The first-order chi connectivity index (χ1) is 9.81. The van der Waals surface area contributed by atoms with Crippen molar-refractivity contribution in [2.24, 2.45) is 5.92 Å². The van der Waals surface area contributed by atoms with Gasteiger partial charge in [-0.05, 0) is 72.8 Å². The standard InChI is InChI=1S/C20H22/c1-14-19(13-18-5-2-3-8-20(14)18)12-15-9-10-16-6-4-7-17(16)11-15/h5,9-12,20H,1-4,6-8,13H2. The fraction of sp³-hybridized carbons (Fsp3) is 0.400. The van der Waals surface area contributed by atoms with Crippen LogP contribution in [0.2, 0.25) is 0 Å². The summed E-state index contributed by atoms with van der Waals surface area (Å²) in [7, 11) is 0. The highest BCUT2D eigenvalue weighted by molar-refractivity contribution is 5.64. The van der Waals surface area contributed by atoms with Crippen LogP contribution in [0.5, 0.6) is 0 Å². The van der Waals surface area contributed by atoms with Gasteiger partial charge in [0.1, 0.15) is 0 Å². The van der Waals surface area contributed by atoms with Gasteiger partial charge >= 0.3 is 0 Å². The van der Waals surface area contributed by atoms with Gasteiger partial charge in [-0.15, -0.1) is 0 Å². The number of allylic oxidation sites excluding steroid dienone is 4. The highest BCUT2D eigenvalue weighted by atomic mass is 14.3. The van der Waals surface area contributed by atoms with Crippen LogP contribution >= 0.6 is 0 Å². The number of fused-ring (bicyclic) bond motifs is 2. The zero-order valence-electron chi connectivity index (χ0n) is 12.1. The van der Waals surface area contributed by atoms with Crippen LogP contribution in [0.25, 0.3) is 6.08 Å². The van der Waals surface area contributed by atoms with Crippen molar-refractivity contribution in [1.29, 1.82) is 0 Å². The summed E-state index contributed by atoms with van der Waals surface area (Å²) in [6, 6.07) is 7.03. The van der Waals surface area contributed by atoms with Crippen molar-refractivity contribution >= 4 is 6.08 Å². The summed E-state index contributed by atoms with van der Waals surface area (Å²) >= 11 is 0. The van der Waals surface area contributed by atoms with Gasteiger partial charge in [0.05, 0.1) is 0 Å². The van der Waals surface area contributed by atoms with Gasteiger partial charge in [0.15, 0.2) is 0 Å². The van der Waals surface area contributed by atoms with Crippen LogP contribution in [0.15, 0.2) is 47.6 Å². The van der Waals surface area contributed by atoms with Crippen LogP contribution in [0.3, 0.4) is 0 Å². The van der Waals surface area contributed by atoms with Crippen molar-refractivity contribution in [3.8, 4) is 0 Å². The average Bonchev–Trinajstić information content (AvgIpc) is 3.05. The smallest absolute Gasteiger partial charge is 0.00485 e. The molecule has 3 aliphatic rings. The van der Waals surface area contributed by atoms with Gasteiger partial charge in [-0.3, -0.25) is 0 Å². The Balaban J connectivity index is 1.66. The first kappa shape index (κ1) is 12.2. The van der Waals surface area contributed by atoms with Crippen molar-refractivity contribution < 1.29 is 0 Å². The van der Waals surface area contributed by atoms with Gasteiger partial charge in [-0.25, -0.2) is 0 Å². The molecule has 0 heterocycles. The minimum absolute atomic E-state index is 0.657. The van der Waals surface area contributed by atoms with Crippen molar-refractivity contribution in [1.82, 2.24) is 0 Å². The van der Waals surface area contributed by atoms with Crippen LogP contribution in [0.4, 0.5) is 0 Å². The van der Waals surface area contributed by atoms with E-state index in [1.165, 1.54) is 55.2 Å². The van der Waals surface area contributed by atoms with E-state index < -0.39 is 0 Å². The highest BCUT2D eigenvalue weighted by Gasteiger charge is 2.29. The minimum atomic E-state index is 0.657. The molecule has 3 aliphatic carbocycles. The zero-order chi connectivity index (χ0) is 13.5. The van der Waals surface area contributed by atoms with Gasteiger partial charge in [-0.1, -0.05) is 42.5 Å². The summed E-state index contributed by atoms with van der Waals surface area (Å²) in [4.78, 5) is 0. The number of aryl methyl sites for hydroxylation is 2. The lowest BCUT2D eigenvalue weighted by molar-refractivity contribution is 0.597. The van der Waals surface area contributed by atoms with Crippen LogP contribution in [-0.4, -0.2) is 0 Å². The molecular formula is C20H22. The Morgan fingerprint density at radius 3 is 2.90 bits per heavy atom. The molecule has 0 spiro atoms. The third-order valence-electron chi connectivity index (χ3n) is 5.24. The zero-order valence-corrected chi connectivity index (χ0v) is 12.1. The Hall–Kier alpha value is -1.56. The Labute approximate surface area is 121 Å². The first-order valence-electron chi connectivity index (χ1n) is 8.02. The van der Waals surface area contributed by atoms with Crippen molar-refractivity contribution in [3.05, 3.63) is 64.3 Å². The van der Waals surface area contributed by atoms with Gasteiger partial charge in [-0.2, -0.15) is 0 Å². The summed E-state index contributed by atoms with van der Waals surface area (Å²) in [5.74, 6) is 0.657. The monoisotopic (exact) mass is 262 g/mol. The molecule has 1 aromatic rings. The van der Waals surface area contributed by atoms with Crippen molar-refractivity contribution in [2.45, 2.75) is 44.9 Å². The number of hydrogen-bond acceptors (Lipinski definition) is 0. The van der Waals surface area contributed by atoms with Crippen LogP contribution in [0, 0.1) is 5.92 Å². The van der Waals surface area contributed by atoms with Crippen LogP contribution < -0.4 is 0 Å². The lowest BCUT2D eigenvalue weighted by Gasteiger charge is -2.17. The molecule has 0 nitrogen and oxygen atoms in total. The van der Waals surface area contributed by atoms with Gasteiger partial charge in [0, 0.05) is 5.92 Å². The summed E-state index contributed by atoms with van der Waals surface area (Å²) in [5, 5.41) is 0. The molecule has 1 saturated carbocycles. The fourth-order valence-corrected chi connectivity index (χ4v) is 4.11. The normalized spacial score (nSPS) is 26.6. The SMILES string of the molecule is C=C1C(=Cc2ccc3c(c2)CCC3)CC2=CCCCC12. The number of rotatable bonds is 1. The van der Waals surface area contributed by atoms with Crippen molar-refractivity contribution in [2.75, 3.05) is 0 Å². The number of benzene rings is 1. The summed E-state index contributed by atoms with van der Waals surface area (Å²) in [5.41, 5.74) is 9.00. The molecule has 0 heteroatoms. The third-order valence-corrected chi connectivity index (χ3v) is 5.24. The third kappa shape index (κ3) is 1.98. The van der Waals surface area contributed by atoms with Crippen molar-refractivity contribution in [3.63, 3.8) is 0 Å². The quantitative estimate of drug-likeness (QED) is 0.607. The maximum absolute atomic E-state index is 4.38. The summed E-state index contributed by atoms with van der Waals surface area (Å²) in [6.07, 6.45) is 13.8. The molecule has 1 unspecified atom stereocenters. The minimum Gasteiger partial charge on any atom is -0.0949 e. The second-order valence-electron chi connectivity index (χ2n) is 6.52. The molecule has 0 N–H and O–H groups in total. The Morgan fingerprint density at radius 1 is 1.10 bits per heavy atom. The van der Waals surface area contributed by atoms with Gasteiger partial charge in [0.25, 0.3) is 0 Å². The first-order valence-corrected chi connectivity index (χ1v) is 8.02.